The summed E-state index contributed by atoms with van der Waals surface area (Å²) in [6, 6.07) is 1.21. The average Bonchev–Trinajstić information content (AvgIpc) is 2.57. The van der Waals surface area contributed by atoms with Gasteiger partial charge in [-0.1, -0.05) is 26.2 Å². The summed E-state index contributed by atoms with van der Waals surface area (Å²) in [5, 5.41) is 10.0. The predicted octanol–water partition coefficient (Wildman–Crippen LogP) is 4.48. The third-order valence-electron chi connectivity index (χ3n) is 5.07. The average molecular weight is 417 g/mol. The first-order valence-electron chi connectivity index (χ1n) is 9.63. The summed E-state index contributed by atoms with van der Waals surface area (Å²) in [6.07, 6.45) is 0.249. The van der Waals surface area contributed by atoms with Gasteiger partial charge in [0.1, 0.15) is 18.1 Å². The van der Waals surface area contributed by atoms with Gasteiger partial charge in [-0.25, -0.2) is 0 Å². The molecule has 162 valence electrons. The predicted molar refractivity (Wildman–Crippen MR) is 103 cm³/mol. The van der Waals surface area contributed by atoms with Crippen LogP contribution in [0.4, 0.5) is 23.2 Å². The summed E-state index contributed by atoms with van der Waals surface area (Å²) in [6.45, 7) is 4.07. The van der Waals surface area contributed by atoms with Crippen LogP contribution in [0.3, 0.4) is 0 Å². The standard InChI is InChI=1S/C15H17F4N3O2.C5H10/c1-7-2-9(23)3-8(22-7)6-24-10-4-11(14(16)21)13(20)12(5-10)15(17,18)19;1-5-3-2-4-5/h4-5,7-8,21-22H,2-3,6,20H2,1H3;5H,2-4H2,1H3. The first kappa shape index (κ1) is 23.1. The SMILES string of the molecule is CC1CC(=O)CC(COc2cc(C(=N)F)c(N)c(C(F)(F)F)c2)N1.CC1CCC1. The van der Waals surface area contributed by atoms with E-state index in [1.165, 1.54) is 19.3 Å². The van der Waals surface area contributed by atoms with Crippen molar-refractivity contribution in [3.63, 3.8) is 0 Å². The Balaban J connectivity index is 0.000000521. The van der Waals surface area contributed by atoms with Gasteiger partial charge in [0.2, 0.25) is 5.97 Å². The Morgan fingerprint density at radius 2 is 1.90 bits per heavy atom. The van der Waals surface area contributed by atoms with Crippen molar-refractivity contribution in [3.05, 3.63) is 23.3 Å². The van der Waals surface area contributed by atoms with Gasteiger partial charge in [-0.3, -0.25) is 10.2 Å². The molecule has 0 radical (unpaired) electrons. The van der Waals surface area contributed by atoms with E-state index in [4.69, 9.17) is 15.9 Å². The maximum Gasteiger partial charge on any atom is 0.418 e. The number of benzene rings is 1. The van der Waals surface area contributed by atoms with Gasteiger partial charge in [0.15, 0.2) is 0 Å². The fourth-order valence-electron chi connectivity index (χ4n) is 3.26. The summed E-state index contributed by atoms with van der Waals surface area (Å²) >= 11 is 0. The smallest absolute Gasteiger partial charge is 0.418 e. The second-order valence-electron chi connectivity index (χ2n) is 7.80. The molecule has 1 heterocycles. The number of ketones is 1. The van der Waals surface area contributed by atoms with Gasteiger partial charge in [-0.05, 0) is 25.0 Å². The van der Waals surface area contributed by atoms with Gasteiger partial charge in [0.05, 0.1) is 16.8 Å². The summed E-state index contributed by atoms with van der Waals surface area (Å²) in [5.74, 6) is -0.742. The van der Waals surface area contributed by atoms with E-state index < -0.39 is 29.0 Å². The van der Waals surface area contributed by atoms with Gasteiger partial charge in [-0.2, -0.15) is 17.6 Å². The number of Topliss-reactive ketones (excluding diaryl/α,β-unsaturated/α-hetero) is 1. The fraction of sp³-hybridized carbons (Fsp3) is 0.600. The Hall–Kier alpha value is -2.16. The molecule has 0 spiro atoms. The quantitative estimate of drug-likeness (QED) is 0.383. The van der Waals surface area contributed by atoms with Gasteiger partial charge in [-0.15, -0.1) is 0 Å². The van der Waals surface area contributed by atoms with Crippen LogP contribution in [0.2, 0.25) is 0 Å². The highest BCUT2D eigenvalue weighted by molar-refractivity contribution is 5.97. The van der Waals surface area contributed by atoms with Crippen LogP contribution in [0.5, 0.6) is 5.75 Å². The minimum atomic E-state index is -4.80. The van der Waals surface area contributed by atoms with Crippen molar-refractivity contribution >= 4 is 17.4 Å². The Morgan fingerprint density at radius 3 is 2.34 bits per heavy atom. The topological polar surface area (TPSA) is 88.2 Å². The molecule has 29 heavy (non-hydrogen) atoms. The Morgan fingerprint density at radius 1 is 1.28 bits per heavy atom. The number of ether oxygens (including phenoxy) is 1. The number of carbonyl (C=O) groups excluding carboxylic acids is 1. The maximum absolute atomic E-state index is 13.2. The third kappa shape index (κ3) is 6.69. The lowest BCUT2D eigenvalue weighted by molar-refractivity contribution is -0.137. The van der Waals surface area contributed by atoms with Crippen molar-refractivity contribution < 1.29 is 27.1 Å². The highest BCUT2D eigenvalue weighted by Crippen LogP contribution is 2.38. The monoisotopic (exact) mass is 417 g/mol. The van der Waals surface area contributed by atoms with Gasteiger partial charge in [0.25, 0.3) is 0 Å². The molecule has 0 amide bonds. The molecule has 1 saturated heterocycles. The molecule has 1 aromatic carbocycles. The number of nitrogens with two attached hydrogens (primary N) is 1. The van der Waals surface area contributed by atoms with E-state index in [0.29, 0.717) is 12.5 Å². The number of nitrogen functional groups attached to an aromatic ring is 1. The van der Waals surface area contributed by atoms with Crippen LogP contribution in [-0.2, 0) is 11.0 Å². The van der Waals surface area contributed by atoms with Gasteiger partial charge >= 0.3 is 6.18 Å². The molecule has 2 aliphatic rings. The van der Waals surface area contributed by atoms with E-state index >= 15 is 0 Å². The van der Waals surface area contributed by atoms with E-state index in [-0.39, 0.29) is 36.6 Å². The molecule has 0 bridgehead atoms. The van der Waals surface area contributed by atoms with E-state index in [1.54, 1.807) is 0 Å². The molecule has 5 nitrogen and oxygen atoms in total. The second-order valence-corrected chi connectivity index (χ2v) is 7.80. The first-order valence-corrected chi connectivity index (χ1v) is 9.63. The van der Waals surface area contributed by atoms with Gasteiger partial charge < -0.3 is 15.8 Å². The number of piperidine rings is 1. The lowest BCUT2D eigenvalue weighted by Crippen LogP contribution is -2.47. The van der Waals surface area contributed by atoms with Crippen LogP contribution in [0.15, 0.2) is 12.1 Å². The second kappa shape index (κ2) is 9.56. The zero-order chi connectivity index (χ0) is 21.8. The van der Waals surface area contributed by atoms with Crippen LogP contribution >= 0.6 is 0 Å². The van der Waals surface area contributed by atoms with E-state index in [0.717, 1.165) is 12.0 Å². The number of hydrogen-bond acceptors (Lipinski definition) is 5. The number of anilines is 1. The fourth-order valence-corrected chi connectivity index (χ4v) is 3.26. The lowest BCUT2D eigenvalue weighted by Gasteiger charge is -2.28. The number of nitrogens with one attached hydrogen (secondary N) is 2. The van der Waals surface area contributed by atoms with Crippen molar-refractivity contribution in [2.45, 2.75) is 64.2 Å². The van der Waals surface area contributed by atoms with Crippen LogP contribution in [0.1, 0.15) is 57.1 Å². The molecule has 1 aromatic rings. The minimum Gasteiger partial charge on any atom is -0.492 e. The molecule has 2 unspecified atom stereocenters. The molecule has 1 aliphatic heterocycles. The van der Waals surface area contributed by atoms with E-state index in [1.807, 2.05) is 6.92 Å². The first-order chi connectivity index (χ1) is 13.5. The van der Waals surface area contributed by atoms with Gasteiger partial charge in [0, 0.05) is 24.9 Å². The lowest BCUT2D eigenvalue weighted by atomic mass is 9.88. The Bertz CT molecular complexity index is 748. The molecule has 2 atom stereocenters. The molecule has 9 heteroatoms. The third-order valence-corrected chi connectivity index (χ3v) is 5.07. The Labute approximate surface area is 167 Å². The zero-order valence-corrected chi connectivity index (χ0v) is 16.5. The molecule has 4 N–H and O–H groups in total. The maximum atomic E-state index is 13.2. The molecule has 0 aromatic heterocycles. The summed E-state index contributed by atoms with van der Waals surface area (Å²) in [5.41, 5.74) is 2.50. The summed E-state index contributed by atoms with van der Waals surface area (Å²) in [4.78, 5) is 11.5. The van der Waals surface area contributed by atoms with Crippen molar-refractivity contribution in [2.24, 2.45) is 5.92 Å². The van der Waals surface area contributed by atoms with Crippen molar-refractivity contribution in [1.29, 1.82) is 5.41 Å². The normalized spacial score (nSPS) is 22.3. The van der Waals surface area contributed by atoms with Crippen molar-refractivity contribution in [2.75, 3.05) is 12.3 Å². The minimum absolute atomic E-state index is 0.0364. The van der Waals surface area contributed by atoms with Crippen LogP contribution in [0.25, 0.3) is 0 Å². The van der Waals surface area contributed by atoms with E-state index in [9.17, 15) is 22.4 Å². The van der Waals surface area contributed by atoms with Crippen LogP contribution in [0, 0.1) is 11.3 Å². The summed E-state index contributed by atoms with van der Waals surface area (Å²) < 4.78 is 57.4. The zero-order valence-electron chi connectivity index (χ0n) is 16.5. The number of hydrogen-bond donors (Lipinski definition) is 3. The molecule has 2 fully saturated rings. The van der Waals surface area contributed by atoms with E-state index in [2.05, 4.69) is 12.2 Å². The largest absolute Gasteiger partial charge is 0.492 e. The summed E-state index contributed by atoms with van der Waals surface area (Å²) in [7, 11) is 0. The highest BCUT2D eigenvalue weighted by Gasteiger charge is 2.35. The molecular weight excluding hydrogens is 390 g/mol. The Kier molecular flexibility index (Phi) is 7.62. The number of carbonyl (C=O) groups is 1. The molecule has 3 rings (SSSR count). The highest BCUT2D eigenvalue weighted by atomic mass is 19.4. The van der Waals surface area contributed by atoms with Crippen LogP contribution in [-0.4, -0.2) is 30.4 Å². The van der Waals surface area contributed by atoms with Crippen LogP contribution < -0.4 is 15.8 Å². The van der Waals surface area contributed by atoms with Crippen molar-refractivity contribution in [3.8, 4) is 5.75 Å². The molecule has 1 aliphatic carbocycles. The number of alkyl halides is 3. The number of halogens is 4. The number of rotatable bonds is 4. The molecule has 1 saturated carbocycles. The molecular formula is C20H27F4N3O2. The van der Waals surface area contributed by atoms with Crippen molar-refractivity contribution in [1.82, 2.24) is 5.32 Å².